The number of likely N-dealkylation sites (N-methyl/N-ethyl adjacent to an activating group) is 1. The van der Waals surface area contributed by atoms with E-state index in [2.05, 4.69) is 24.2 Å². The summed E-state index contributed by atoms with van der Waals surface area (Å²) in [4.78, 5) is 15.4. The van der Waals surface area contributed by atoms with Gasteiger partial charge in [-0.15, -0.1) is 0 Å². The highest BCUT2D eigenvalue weighted by Crippen LogP contribution is 2.30. The van der Waals surface area contributed by atoms with Crippen LogP contribution in [0, 0.1) is 0 Å². The van der Waals surface area contributed by atoms with Gasteiger partial charge in [0.1, 0.15) is 12.4 Å². The minimum atomic E-state index is -0.0272. The van der Waals surface area contributed by atoms with Crippen LogP contribution in [-0.4, -0.2) is 43.0 Å². The summed E-state index contributed by atoms with van der Waals surface area (Å²) in [7, 11) is 2.13. The van der Waals surface area contributed by atoms with Crippen molar-refractivity contribution in [1.82, 2.24) is 4.90 Å². The second-order valence-corrected chi connectivity index (χ2v) is 6.73. The van der Waals surface area contributed by atoms with Gasteiger partial charge in [0.25, 0.3) is 0 Å². The van der Waals surface area contributed by atoms with Crippen molar-refractivity contribution in [1.29, 1.82) is 0 Å². The number of hydrogen-bond acceptors (Lipinski definition) is 4. The zero-order valence-corrected chi connectivity index (χ0v) is 14.3. The molecule has 1 fully saturated rings. The van der Waals surface area contributed by atoms with Crippen LogP contribution in [0.4, 0.5) is 5.69 Å². The van der Waals surface area contributed by atoms with Gasteiger partial charge in [-0.3, -0.25) is 9.69 Å². The summed E-state index contributed by atoms with van der Waals surface area (Å²) in [5, 5.41) is 3.32. The first-order chi connectivity index (χ1) is 11.2. The predicted molar refractivity (Wildman–Crippen MR) is 93.5 cm³/mol. The quantitative estimate of drug-likeness (QED) is 0.841. The molecular weight excluding hydrogens is 288 g/mol. The summed E-state index contributed by atoms with van der Waals surface area (Å²) in [5.74, 6) is 1.08. The number of nitrogens with zero attached hydrogens (tertiary/aromatic N) is 1. The fourth-order valence-corrected chi connectivity index (χ4v) is 3.89. The van der Waals surface area contributed by atoms with Crippen LogP contribution in [-0.2, 0) is 0 Å². The van der Waals surface area contributed by atoms with E-state index in [9.17, 15) is 4.79 Å². The highest BCUT2D eigenvalue weighted by atomic mass is 16.5. The molecule has 0 bridgehead atoms. The Hall–Kier alpha value is -1.55. The lowest BCUT2D eigenvalue weighted by molar-refractivity contribution is 0.0742. The average Bonchev–Trinajstić information content (AvgIpc) is 2.62. The molecule has 2 aliphatic rings. The maximum atomic E-state index is 13.0. The molecule has 0 spiro atoms. The molecule has 1 saturated carbocycles. The summed E-state index contributed by atoms with van der Waals surface area (Å²) in [6.07, 6.45) is 7.22. The summed E-state index contributed by atoms with van der Waals surface area (Å²) < 4.78 is 5.60. The number of carbonyl (C=O) groups is 1. The molecule has 126 valence electrons. The fraction of sp³-hybridized carbons (Fsp3) is 0.632. The number of carbonyl (C=O) groups excluding carboxylic acids is 1. The van der Waals surface area contributed by atoms with Gasteiger partial charge in [0.15, 0.2) is 5.78 Å². The number of nitrogens with one attached hydrogen (secondary N) is 1. The Labute approximate surface area is 139 Å². The molecule has 1 N–H and O–H groups in total. The van der Waals surface area contributed by atoms with E-state index in [-0.39, 0.29) is 11.8 Å². The molecule has 1 atom stereocenters. The normalized spacial score (nSPS) is 19.6. The van der Waals surface area contributed by atoms with E-state index in [0.29, 0.717) is 12.6 Å². The Kier molecular flexibility index (Phi) is 5.21. The van der Waals surface area contributed by atoms with Gasteiger partial charge in [-0.25, -0.2) is 0 Å². The second kappa shape index (κ2) is 7.35. The van der Waals surface area contributed by atoms with E-state index in [0.717, 1.165) is 30.0 Å². The predicted octanol–water partition coefficient (Wildman–Crippen LogP) is 3.72. The van der Waals surface area contributed by atoms with Crippen LogP contribution in [0.15, 0.2) is 18.2 Å². The first kappa shape index (κ1) is 16.3. The molecule has 0 radical (unpaired) electrons. The summed E-state index contributed by atoms with van der Waals surface area (Å²) >= 11 is 0. The molecular formula is C19H28N2O2. The standard InChI is InChI=1S/C19H28N2O2/c1-3-17(21(2)15-7-5-4-6-8-15)19(22)14-9-10-18-16(13-14)20-11-12-23-18/h9-10,13,15,17,20H,3-8,11-12H2,1-2H3. The minimum Gasteiger partial charge on any atom is -0.490 e. The third kappa shape index (κ3) is 3.52. The highest BCUT2D eigenvalue weighted by Gasteiger charge is 2.29. The van der Waals surface area contributed by atoms with E-state index in [1.807, 2.05) is 18.2 Å². The SMILES string of the molecule is CCC(C(=O)c1ccc2c(c1)NCCO2)N(C)C1CCCCC1. The summed E-state index contributed by atoms with van der Waals surface area (Å²) in [6, 6.07) is 6.30. The van der Waals surface area contributed by atoms with Crippen LogP contribution >= 0.6 is 0 Å². The number of rotatable bonds is 5. The van der Waals surface area contributed by atoms with Crippen molar-refractivity contribution in [2.45, 2.75) is 57.5 Å². The lowest BCUT2D eigenvalue weighted by atomic mass is 9.91. The number of ether oxygens (including phenoxy) is 1. The topological polar surface area (TPSA) is 41.6 Å². The number of Topliss-reactive ketones (excluding diaryl/α,β-unsaturated/α-hetero) is 1. The molecule has 1 aromatic carbocycles. The number of hydrogen-bond donors (Lipinski definition) is 1. The van der Waals surface area contributed by atoms with Gasteiger partial charge in [-0.2, -0.15) is 0 Å². The highest BCUT2D eigenvalue weighted by molar-refractivity contribution is 6.01. The zero-order chi connectivity index (χ0) is 16.2. The number of ketones is 1. The van der Waals surface area contributed by atoms with Crippen molar-refractivity contribution in [2.24, 2.45) is 0 Å². The van der Waals surface area contributed by atoms with Gasteiger partial charge in [0.2, 0.25) is 0 Å². The Morgan fingerprint density at radius 1 is 1.35 bits per heavy atom. The molecule has 4 nitrogen and oxygen atoms in total. The van der Waals surface area contributed by atoms with Crippen LogP contribution in [0.1, 0.15) is 55.8 Å². The van der Waals surface area contributed by atoms with E-state index in [1.54, 1.807) is 0 Å². The molecule has 1 aromatic rings. The van der Waals surface area contributed by atoms with Crippen molar-refractivity contribution < 1.29 is 9.53 Å². The summed E-state index contributed by atoms with van der Waals surface area (Å²) in [5.41, 5.74) is 1.73. The van der Waals surface area contributed by atoms with Gasteiger partial charge >= 0.3 is 0 Å². The molecule has 1 aliphatic heterocycles. The van der Waals surface area contributed by atoms with Gasteiger partial charge in [-0.1, -0.05) is 26.2 Å². The van der Waals surface area contributed by atoms with Crippen molar-refractivity contribution in [3.05, 3.63) is 23.8 Å². The van der Waals surface area contributed by atoms with Gasteiger partial charge in [-0.05, 0) is 44.5 Å². The van der Waals surface area contributed by atoms with E-state index in [4.69, 9.17) is 4.74 Å². The smallest absolute Gasteiger partial charge is 0.180 e. The monoisotopic (exact) mass is 316 g/mol. The molecule has 0 amide bonds. The maximum absolute atomic E-state index is 13.0. The number of benzene rings is 1. The minimum absolute atomic E-state index is 0.0272. The Morgan fingerprint density at radius 2 is 2.13 bits per heavy atom. The Balaban J connectivity index is 1.76. The molecule has 0 saturated heterocycles. The van der Waals surface area contributed by atoms with Crippen molar-refractivity contribution in [2.75, 3.05) is 25.5 Å². The molecule has 1 unspecified atom stereocenters. The molecule has 0 aromatic heterocycles. The van der Waals surface area contributed by atoms with E-state index < -0.39 is 0 Å². The average molecular weight is 316 g/mol. The van der Waals surface area contributed by atoms with Gasteiger partial charge in [0, 0.05) is 18.2 Å². The summed E-state index contributed by atoms with van der Waals surface area (Å²) in [6.45, 7) is 3.59. The third-order valence-corrected chi connectivity index (χ3v) is 5.27. The van der Waals surface area contributed by atoms with E-state index >= 15 is 0 Å². The van der Waals surface area contributed by atoms with Crippen molar-refractivity contribution in [3.63, 3.8) is 0 Å². The molecule has 23 heavy (non-hydrogen) atoms. The van der Waals surface area contributed by atoms with Crippen molar-refractivity contribution >= 4 is 11.5 Å². The van der Waals surface area contributed by atoms with E-state index in [1.165, 1.54) is 32.1 Å². The molecule has 1 aliphatic carbocycles. The molecule has 1 heterocycles. The zero-order valence-electron chi connectivity index (χ0n) is 14.3. The number of anilines is 1. The van der Waals surface area contributed by atoms with Crippen LogP contribution in [0.3, 0.4) is 0 Å². The second-order valence-electron chi connectivity index (χ2n) is 6.73. The Bertz CT molecular complexity index is 552. The number of fused-ring (bicyclic) bond motifs is 1. The Morgan fingerprint density at radius 3 is 2.87 bits per heavy atom. The molecule has 3 rings (SSSR count). The lowest BCUT2D eigenvalue weighted by Gasteiger charge is -2.36. The van der Waals surface area contributed by atoms with Crippen molar-refractivity contribution in [3.8, 4) is 5.75 Å². The van der Waals surface area contributed by atoms with Crippen LogP contribution < -0.4 is 10.1 Å². The largest absolute Gasteiger partial charge is 0.490 e. The maximum Gasteiger partial charge on any atom is 0.180 e. The van der Waals surface area contributed by atoms with Crippen LogP contribution in [0.25, 0.3) is 0 Å². The fourth-order valence-electron chi connectivity index (χ4n) is 3.89. The lowest BCUT2D eigenvalue weighted by Crippen LogP contribution is -2.45. The van der Waals surface area contributed by atoms with Gasteiger partial charge < -0.3 is 10.1 Å². The third-order valence-electron chi connectivity index (χ3n) is 5.27. The van der Waals surface area contributed by atoms with Gasteiger partial charge in [0.05, 0.1) is 11.7 Å². The molecule has 4 heteroatoms. The first-order valence-electron chi connectivity index (χ1n) is 8.97. The van der Waals surface area contributed by atoms with Crippen LogP contribution in [0.2, 0.25) is 0 Å². The van der Waals surface area contributed by atoms with Crippen LogP contribution in [0.5, 0.6) is 5.75 Å². The first-order valence-corrected chi connectivity index (χ1v) is 8.97.